The summed E-state index contributed by atoms with van der Waals surface area (Å²) >= 11 is 0. The van der Waals surface area contributed by atoms with Crippen molar-refractivity contribution in [2.75, 3.05) is 17.9 Å². The van der Waals surface area contributed by atoms with E-state index in [1.165, 1.54) is 6.07 Å². The van der Waals surface area contributed by atoms with E-state index >= 15 is 0 Å². The van der Waals surface area contributed by atoms with Gasteiger partial charge in [-0.05, 0) is 56.0 Å². The lowest BCUT2D eigenvalue weighted by Crippen LogP contribution is -2.32. The minimum absolute atomic E-state index is 0.0327. The molecule has 2 N–H and O–H groups in total. The van der Waals surface area contributed by atoms with Crippen molar-refractivity contribution in [2.45, 2.75) is 37.7 Å². The van der Waals surface area contributed by atoms with Crippen LogP contribution >= 0.6 is 0 Å². The van der Waals surface area contributed by atoms with Crippen LogP contribution < -0.4 is 10.0 Å². The maximum absolute atomic E-state index is 12.9. The van der Waals surface area contributed by atoms with Crippen LogP contribution in [0.1, 0.15) is 34.3 Å². The first kappa shape index (κ1) is 19.4. The fourth-order valence-electron chi connectivity index (χ4n) is 3.03. The molecule has 6 nitrogen and oxygen atoms in total. The number of rotatable bonds is 6. The Kier molecular flexibility index (Phi) is 5.82. The molecule has 0 saturated carbocycles. The monoisotopic (exact) mass is 388 g/mol. The van der Waals surface area contributed by atoms with Crippen LogP contribution in [0.3, 0.4) is 0 Å². The molecule has 0 radical (unpaired) electrons. The normalized spacial score (nSPS) is 16.9. The zero-order valence-corrected chi connectivity index (χ0v) is 16.3. The zero-order valence-electron chi connectivity index (χ0n) is 15.5. The minimum atomic E-state index is -3.81. The molecule has 1 fully saturated rings. The third-order valence-corrected chi connectivity index (χ3v) is 6.15. The van der Waals surface area contributed by atoms with Gasteiger partial charge >= 0.3 is 0 Å². The number of carbonyl (C=O) groups excluding carboxylic acids is 1. The first-order valence-corrected chi connectivity index (χ1v) is 10.4. The number of carbonyl (C=O) groups is 1. The van der Waals surface area contributed by atoms with Crippen molar-refractivity contribution in [3.05, 3.63) is 59.2 Å². The van der Waals surface area contributed by atoms with Gasteiger partial charge in [-0.1, -0.05) is 24.3 Å². The second kappa shape index (κ2) is 8.10. The average Bonchev–Trinajstić information content (AvgIpc) is 3.15. The van der Waals surface area contributed by atoms with Gasteiger partial charge in [-0.15, -0.1) is 0 Å². The second-order valence-electron chi connectivity index (χ2n) is 6.75. The van der Waals surface area contributed by atoms with Crippen molar-refractivity contribution in [3.8, 4) is 0 Å². The van der Waals surface area contributed by atoms with Crippen molar-refractivity contribution in [3.63, 3.8) is 0 Å². The summed E-state index contributed by atoms with van der Waals surface area (Å²) < 4.78 is 33.8. The van der Waals surface area contributed by atoms with Crippen molar-refractivity contribution in [2.24, 2.45) is 0 Å². The molecule has 1 aliphatic heterocycles. The lowest BCUT2D eigenvalue weighted by atomic mass is 10.1. The summed E-state index contributed by atoms with van der Waals surface area (Å²) in [6, 6.07) is 11.9. The molecular weight excluding hydrogens is 364 g/mol. The predicted octanol–water partition coefficient (Wildman–Crippen LogP) is 3.01. The van der Waals surface area contributed by atoms with E-state index in [0.717, 1.165) is 25.0 Å². The summed E-state index contributed by atoms with van der Waals surface area (Å²) in [6.07, 6.45) is 1.96. The van der Waals surface area contributed by atoms with Crippen LogP contribution in [-0.4, -0.2) is 33.6 Å². The Labute approximate surface area is 160 Å². The number of anilines is 1. The Morgan fingerprint density at radius 3 is 2.63 bits per heavy atom. The molecule has 1 heterocycles. The molecule has 1 atom stereocenters. The summed E-state index contributed by atoms with van der Waals surface area (Å²) in [5, 5.41) is 2.82. The Morgan fingerprint density at radius 1 is 1.15 bits per heavy atom. The van der Waals surface area contributed by atoms with Gasteiger partial charge in [0.25, 0.3) is 15.9 Å². The highest BCUT2D eigenvalue weighted by Crippen LogP contribution is 2.23. The number of nitrogens with one attached hydrogen (secondary N) is 2. The highest BCUT2D eigenvalue weighted by atomic mass is 32.2. The second-order valence-corrected chi connectivity index (χ2v) is 8.40. The third-order valence-electron chi connectivity index (χ3n) is 4.64. The molecular formula is C20H24N2O4S. The van der Waals surface area contributed by atoms with Gasteiger partial charge in [0.1, 0.15) is 0 Å². The maximum Gasteiger partial charge on any atom is 0.262 e. The minimum Gasteiger partial charge on any atom is -0.376 e. The van der Waals surface area contributed by atoms with E-state index in [-0.39, 0.29) is 16.9 Å². The number of ether oxygens (including phenoxy) is 1. The van der Waals surface area contributed by atoms with E-state index in [0.29, 0.717) is 23.4 Å². The molecule has 2 aromatic rings. The molecule has 0 spiro atoms. The van der Waals surface area contributed by atoms with Gasteiger partial charge in [0, 0.05) is 18.7 Å². The van der Waals surface area contributed by atoms with Gasteiger partial charge in [0.2, 0.25) is 0 Å². The molecule has 27 heavy (non-hydrogen) atoms. The number of amides is 1. The summed E-state index contributed by atoms with van der Waals surface area (Å²) in [5.41, 5.74) is 2.23. The molecule has 0 unspecified atom stereocenters. The van der Waals surface area contributed by atoms with Crippen molar-refractivity contribution in [1.29, 1.82) is 0 Å². The standard InChI is InChI=1S/C20H24N2O4S/c1-14-6-3-4-8-18(14)22-27(24,25)19-12-16(10-9-15(19)2)20(23)21-13-17-7-5-11-26-17/h3-4,6,8-10,12,17,22H,5,7,11,13H2,1-2H3,(H,21,23)/t17-/m0/s1. The number of hydrogen-bond acceptors (Lipinski definition) is 4. The number of aryl methyl sites for hydroxylation is 2. The molecule has 0 aliphatic carbocycles. The van der Waals surface area contributed by atoms with Crippen LogP contribution in [0.25, 0.3) is 0 Å². The van der Waals surface area contributed by atoms with E-state index in [9.17, 15) is 13.2 Å². The lowest BCUT2D eigenvalue weighted by molar-refractivity contribution is 0.0857. The summed E-state index contributed by atoms with van der Waals surface area (Å²) in [4.78, 5) is 12.5. The largest absolute Gasteiger partial charge is 0.376 e. The fourth-order valence-corrected chi connectivity index (χ4v) is 4.43. The Morgan fingerprint density at radius 2 is 1.93 bits per heavy atom. The topological polar surface area (TPSA) is 84.5 Å². The number of para-hydroxylation sites is 1. The van der Waals surface area contributed by atoms with E-state index in [4.69, 9.17) is 4.74 Å². The van der Waals surface area contributed by atoms with Gasteiger partial charge in [0.05, 0.1) is 16.7 Å². The van der Waals surface area contributed by atoms with E-state index in [1.54, 1.807) is 31.2 Å². The molecule has 7 heteroatoms. The number of sulfonamides is 1. The summed E-state index contributed by atoms with van der Waals surface area (Å²) in [7, 11) is -3.81. The quantitative estimate of drug-likeness (QED) is 0.797. The highest BCUT2D eigenvalue weighted by Gasteiger charge is 2.21. The van der Waals surface area contributed by atoms with Crippen LogP contribution in [-0.2, 0) is 14.8 Å². The molecule has 3 rings (SSSR count). The van der Waals surface area contributed by atoms with E-state index < -0.39 is 10.0 Å². The smallest absolute Gasteiger partial charge is 0.262 e. The SMILES string of the molecule is Cc1ccccc1NS(=O)(=O)c1cc(C(=O)NC[C@@H]2CCCO2)ccc1C. The Balaban J connectivity index is 1.79. The summed E-state index contributed by atoms with van der Waals surface area (Å²) in [6.45, 7) is 4.69. The van der Waals surface area contributed by atoms with Gasteiger partial charge in [-0.3, -0.25) is 9.52 Å². The molecule has 0 bridgehead atoms. The van der Waals surface area contributed by atoms with E-state index in [2.05, 4.69) is 10.0 Å². The van der Waals surface area contributed by atoms with Crippen LogP contribution in [0.15, 0.2) is 47.4 Å². The van der Waals surface area contributed by atoms with Gasteiger partial charge in [0.15, 0.2) is 0 Å². The Hall–Kier alpha value is -2.38. The van der Waals surface area contributed by atoms with Gasteiger partial charge in [-0.25, -0.2) is 8.42 Å². The van der Waals surface area contributed by atoms with Crippen molar-refractivity contribution < 1.29 is 17.9 Å². The van der Waals surface area contributed by atoms with E-state index in [1.807, 2.05) is 19.1 Å². The average molecular weight is 388 g/mol. The van der Waals surface area contributed by atoms with Crippen LogP contribution in [0.2, 0.25) is 0 Å². The van der Waals surface area contributed by atoms with Gasteiger partial charge in [-0.2, -0.15) is 0 Å². The molecule has 2 aromatic carbocycles. The predicted molar refractivity (Wildman–Crippen MR) is 104 cm³/mol. The Bertz CT molecular complexity index is 935. The van der Waals surface area contributed by atoms with Crippen LogP contribution in [0.4, 0.5) is 5.69 Å². The lowest BCUT2D eigenvalue weighted by Gasteiger charge is -2.14. The first-order chi connectivity index (χ1) is 12.9. The zero-order chi connectivity index (χ0) is 19.4. The van der Waals surface area contributed by atoms with Crippen molar-refractivity contribution >= 4 is 21.6 Å². The van der Waals surface area contributed by atoms with Crippen LogP contribution in [0, 0.1) is 13.8 Å². The van der Waals surface area contributed by atoms with Crippen molar-refractivity contribution in [1.82, 2.24) is 5.32 Å². The molecule has 1 amide bonds. The summed E-state index contributed by atoms with van der Waals surface area (Å²) in [5.74, 6) is -0.308. The van der Waals surface area contributed by atoms with Gasteiger partial charge < -0.3 is 10.1 Å². The fraction of sp³-hybridized carbons (Fsp3) is 0.350. The first-order valence-electron chi connectivity index (χ1n) is 8.96. The van der Waals surface area contributed by atoms with Crippen LogP contribution in [0.5, 0.6) is 0 Å². The highest BCUT2D eigenvalue weighted by molar-refractivity contribution is 7.92. The number of benzene rings is 2. The maximum atomic E-state index is 12.9. The molecule has 144 valence electrons. The third kappa shape index (κ3) is 4.67. The molecule has 1 saturated heterocycles. The number of hydrogen-bond donors (Lipinski definition) is 2. The molecule has 1 aliphatic rings. The molecule has 0 aromatic heterocycles.